The number of piperazine rings is 1. The van der Waals surface area contributed by atoms with Crippen LogP contribution in [0.3, 0.4) is 0 Å². The molecule has 1 aromatic carbocycles. The maximum Gasteiger partial charge on any atom is 0.146 e. The average Bonchev–Trinajstić information content (AvgIpc) is 3.26. The van der Waals surface area contributed by atoms with E-state index in [-0.39, 0.29) is 5.82 Å². The van der Waals surface area contributed by atoms with E-state index in [4.69, 9.17) is 0 Å². The van der Waals surface area contributed by atoms with Crippen LogP contribution < -0.4 is 15.5 Å². The summed E-state index contributed by atoms with van der Waals surface area (Å²) in [5, 5.41) is 8.74. The first-order valence-electron chi connectivity index (χ1n) is 11.4. The van der Waals surface area contributed by atoms with E-state index < -0.39 is 0 Å². The lowest BCUT2D eigenvalue weighted by Gasteiger charge is -2.29. The highest BCUT2D eigenvalue weighted by Crippen LogP contribution is 2.29. The van der Waals surface area contributed by atoms with E-state index in [1.165, 1.54) is 0 Å². The summed E-state index contributed by atoms with van der Waals surface area (Å²) in [4.78, 5) is 18.8. The number of benzene rings is 1. The molecule has 8 heteroatoms. The molecule has 3 N–H and O–H groups in total. The summed E-state index contributed by atoms with van der Waals surface area (Å²) in [6.07, 6.45) is 7.18. The van der Waals surface area contributed by atoms with Crippen LogP contribution >= 0.6 is 0 Å². The molecule has 6 rings (SSSR count). The second-order valence-corrected chi connectivity index (χ2v) is 8.48. The first-order valence-corrected chi connectivity index (χ1v) is 11.4. The molecule has 4 aromatic heterocycles. The molecule has 0 amide bonds. The number of nitrogens with zero attached hydrogens (tertiary/aromatic N) is 4. The molecule has 5 heterocycles. The van der Waals surface area contributed by atoms with E-state index >= 15 is 0 Å². The SMILES string of the molecule is Fc1cc(CNc2cnc3[nH]c4cnc(-c5cccnc5)cc4c3c2)ccc1N1CCNCC1. The number of pyridine rings is 3. The van der Waals surface area contributed by atoms with E-state index in [0.29, 0.717) is 12.2 Å². The number of rotatable bonds is 5. The van der Waals surface area contributed by atoms with Crippen molar-refractivity contribution in [2.45, 2.75) is 6.54 Å². The van der Waals surface area contributed by atoms with Crippen molar-refractivity contribution in [2.75, 3.05) is 36.4 Å². The molecule has 7 nitrogen and oxygen atoms in total. The highest BCUT2D eigenvalue weighted by molar-refractivity contribution is 6.07. The first kappa shape index (κ1) is 20.6. The van der Waals surface area contributed by atoms with E-state index in [9.17, 15) is 4.39 Å². The Morgan fingerprint density at radius 1 is 0.971 bits per heavy atom. The monoisotopic (exact) mass is 453 g/mol. The van der Waals surface area contributed by atoms with Crippen LogP contribution in [0.5, 0.6) is 0 Å². The Bertz CT molecular complexity index is 1460. The summed E-state index contributed by atoms with van der Waals surface area (Å²) in [7, 11) is 0. The van der Waals surface area contributed by atoms with Crippen molar-refractivity contribution in [3.05, 3.63) is 78.6 Å². The minimum absolute atomic E-state index is 0.179. The fourth-order valence-electron chi connectivity index (χ4n) is 4.47. The van der Waals surface area contributed by atoms with Gasteiger partial charge in [0.2, 0.25) is 0 Å². The number of H-pyrrole nitrogens is 1. The highest BCUT2D eigenvalue weighted by Gasteiger charge is 2.15. The predicted octanol–water partition coefficient (Wildman–Crippen LogP) is 4.33. The Labute approximate surface area is 196 Å². The second kappa shape index (κ2) is 8.72. The summed E-state index contributed by atoms with van der Waals surface area (Å²) in [5.41, 5.74) is 5.99. The van der Waals surface area contributed by atoms with Gasteiger partial charge in [-0.15, -0.1) is 0 Å². The van der Waals surface area contributed by atoms with Crippen molar-refractivity contribution in [1.29, 1.82) is 0 Å². The van der Waals surface area contributed by atoms with Crippen LogP contribution in [0.15, 0.2) is 67.3 Å². The van der Waals surface area contributed by atoms with Crippen molar-refractivity contribution in [3.8, 4) is 11.3 Å². The van der Waals surface area contributed by atoms with Gasteiger partial charge in [-0.1, -0.05) is 6.07 Å². The van der Waals surface area contributed by atoms with Gasteiger partial charge >= 0.3 is 0 Å². The van der Waals surface area contributed by atoms with Crippen molar-refractivity contribution < 1.29 is 4.39 Å². The van der Waals surface area contributed by atoms with Gasteiger partial charge in [-0.05, 0) is 42.0 Å². The smallest absolute Gasteiger partial charge is 0.146 e. The fourth-order valence-corrected chi connectivity index (χ4v) is 4.47. The average molecular weight is 454 g/mol. The Hall–Kier alpha value is -4.04. The lowest BCUT2D eigenvalue weighted by molar-refractivity contribution is 0.566. The number of nitrogens with one attached hydrogen (secondary N) is 3. The zero-order chi connectivity index (χ0) is 22.9. The van der Waals surface area contributed by atoms with Crippen LogP contribution in [0.4, 0.5) is 15.8 Å². The van der Waals surface area contributed by atoms with Gasteiger partial charge in [0, 0.05) is 61.5 Å². The third-order valence-corrected chi connectivity index (χ3v) is 6.26. The van der Waals surface area contributed by atoms with Crippen molar-refractivity contribution in [1.82, 2.24) is 25.3 Å². The maximum absolute atomic E-state index is 14.8. The molecule has 34 heavy (non-hydrogen) atoms. The van der Waals surface area contributed by atoms with E-state index in [0.717, 1.165) is 70.6 Å². The summed E-state index contributed by atoms with van der Waals surface area (Å²) in [6.45, 7) is 3.92. The molecule has 1 aliphatic rings. The van der Waals surface area contributed by atoms with Gasteiger partial charge in [0.05, 0.1) is 35.0 Å². The zero-order valence-corrected chi connectivity index (χ0v) is 18.6. The molecule has 5 aromatic rings. The van der Waals surface area contributed by atoms with Crippen LogP contribution in [0.1, 0.15) is 5.56 Å². The number of hydrogen-bond donors (Lipinski definition) is 3. The lowest BCUT2D eigenvalue weighted by Crippen LogP contribution is -2.43. The maximum atomic E-state index is 14.8. The molecule has 170 valence electrons. The summed E-state index contributed by atoms with van der Waals surface area (Å²) in [5.74, 6) is -0.179. The van der Waals surface area contributed by atoms with Crippen molar-refractivity contribution in [2.24, 2.45) is 0 Å². The van der Waals surface area contributed by atoms with Gasteiger partial charge < -0.3 is 20.5 Å². The minimum atomic E-state index is -0.179. The number of hydrogen-bond acceptors (Lipinski definition) is 6. The first-order chi connectivity index (χ1) is 16.7. The highest BCUT2D eigenvalue weighted by atomic mass is 19.1. The Kier molecular flexibility index (Phi) is 5.27. The third-order valence-electron chi connectivity index (χ3n) is 6.26. The number of fused-ring (bicyclic) bond motifs is 3. The summed E-state index contributed by atoms with van der Waals surface area (Å²) >= 11 is 0. The molecule has 1 saturated heterocycles. The standard InChI is InChI=1S/C26H24FN7/c27-22-10-17(3-4-25(22)34-8-6-28-7-9-34)13-30-19-11-21-20-12-23(18-2-1-5-29-14-18)31-16-24(20)33-26(21)32-15-19/h1-5,10-12,14-16,28,30H,6-9,13H2,(H,32,33). The molecule has 0 saturated carbocycles. The van der Waals surface area contributed by atoms with Crippen LogP contribution in [-0.4, -0.2) is 46.1 Å². The molecule has 0 unspecified atom stereocenters. The number of halogens is 1. The van der Waals surface area contributed by atoms with Crippen molar-refractivity contribution in [3.63, 3.8) is 0 Å². The summed E-state index contributed by atoms with van der Waals surface area (Å²) < 4.78 is 14.8. The van der Waals surface area contributed by atoms with Gasteiger partial charge in [0.15, 0.2) is 0 Å². The Balaban J connectivity index is 1.24. The fraction of sp³-hybridized carbons (Fsp3) is 0.192. The zero-order valence-electron chi connectivity index (χ0n) is 18.6. The van der Waals surface area contributed by atoms with Gasteiger partial charge in [-0.25, -0.2) is 9.37 Å². The molecule has 0 aliphatic carbocycles. The number of aromatic amines is 1. The van der Waals surface area contributed by atoms with Gasteiger partial charge in [-0.3, -0.25) is 9.97 Å². The largest absolute Gasteiger partial charge is 0.380 e. The number of aromatic nitrogens is 4. The Morgan fingerprint density at radius 2 is 1.88 bits per heavy atom. The molecule has 0 bridgehead atoms. The minimum Gasteiger partial charge on any atom is -0.380 e. The van der Waals surface area contributed by atoms with E-state index in [2.05, 4.69) is 47.6 Å². The summed E-state index contributed by atoms with van der Waals surface area (Å²) in [6, 6.07) is 13.5. The van der Waals surface area contributed by atoms with Gasteiger partial charge in [0.1, 0.15) is 11.5 Å². The van der Waals surface area contributed by atoms with Crippen LogP contribution in [-0.2, 0) is 6.54 Å². The number of anilines is 2. The second-order valence-electron chi connectivity index (χ2n) is 8.48. The van der Waals surface area contributed by atoms with Gasteiger partial charge in [-0.2, -0.15) is 0 Å². The normalized spacial score (nSPS) is 14.1. The predicted molar refractivity (Wildman–Crippen MR) is 133 cm³/mol. The van der Waals surface area contributed by atoms with E-state index in [1.54, 1.807) is 24.7 Å². The molecule has 0 atom stereocenters. The lowest BCUT2D eigenvalue weighted by atomic mass is 10.1. The van der Waals surface area contributed by atoms with Crippen LogP contribution in [0.25, 0.3) is 33.2 Å². The Morgan fingerprint density at radius 3 is 2.71 bits per heavy atom. The molecule has 0 radical (unpaired) electrons. The van der Waals surface area contributed by atoms with Crippen molar-refractivity contribution >= 4 is 33.3 Å². The van der Waals surface area contributed by atoms with Gasteiger partial charge in [0.25, 0.3) is 0 Å². The molecular formula is C26H24FN7. The quantitative estimate of drug-likeness (QED) is 0.367. The topological polar surface area (TPSA) is 81.8 Å². The molecule has 1 fully saturated rings. The molecule has 0 spiro atoms. The molecular weight excluding hydrogens is 429 g/mol. The van der Waals surface area contributed by atoms with Crippen LogP contribution in [0.2, 0.25) is 0 Å². The van der Waals surface area contributed by atoms with E-state index in [1.807, 2.05) is 30.5 Å². The molecule has 1 aliphatic heterocycles. The van der Waals surface area contributed by atoms with Crippen LogP contribution in [0, 0.1) is 5.82 Å². The third kappa shape index (κ3) is 3.92.